The van der Waals surface area contributed by atoms with E-state index >= 15 is 0 Å². The zero-order valence-electron chi connectivity index (χ0n) is 21.1. The molecule has 2 aromatic carbocycles. The molecule has 1 amide bonds. The van der Waals surface area contributed by atoms with Gasteiger partial charge in [-0.25, -0.2) is 9.78 Å². The molecule has 4 rings (SSSR count). The molecule has 0 saturated heterocycles. The highest BCUT2D eigenvalue weighted by Crippen LogP contribution is 2.26. The Hall–Kier alpha value is -4.11. The fourth-order valence-electron chi connectivity index (χ4n) is 3.98. The van der Waals surface area contributed by atoms with E-state index in [1.54, 1.807) is 20.2 Å². The van der Waals surface area contributed by atoms with E-state index < -0.39 is 5.97 Å². The summed E-state index contributed by atoms with van der Waals surface area (Å²) >= 11 is 1.53. The molecular formula is C28H30N4O4S. The van der Waals surface area contributed by atoms with Crippen molar-refractivity contribution in [1.82, 2.24) is 15.3 Å². The van der Waals surface area contributed by atoms with Gasteiger partial charge < -0.3 is 25.1 Å². The first kappa shape index (κ1) is 26.0. The summed E-state index contributed by atoms with van der Waals surface area (Å²) < 4.78 is 10.5. The Morgan fingerprint density at radius 2 is 1.78 bits per heavy atom. The summed E-state index contributed by atoms with van der Waals surface area (Å²) in [5.74, 6) is 0.0191. The molecular weight excluding hydrogens is 488 g/mol. The fourth-order valence-corrected chi connectivity index (χ4v) is 4.84. The van der Waals surface area contributed by atoms with E-state index in [2.05, 4.69) is 20.6 Å². The number of hydrogen-bond donors (Lipinski definition) is 3. The van der Waals surface area contributed by atoms with Crippen LogP contribution in [-0.2, 0) is 24.2 Å². The van der Waals surface area contributed by atoms with E-state index in [1.807, 2.05) is 61.5 Å². The maximum atomic E-state index is 13.2. The molecule has 0 aliphatic carbocycles. The number of amides is 1. The number of methoxy groups -OCH3 is 1. The molecule has 3 N–H and O–H groups in total. The Morgan fingerprint density at radius 3 is 2.46 bits per heavy atom. The van der Waals surface area contributed by atoms with Gasteiger partial charge in [-0.2, -0.15) is 0 Å². The fraction of sp³-hybridized carbons (Fsp3) is 0.250. The lowest BCUT2D eigenvalue weighted by atomic mass is 10.1. The standard InChI is InChI=1S/C28H30N4O4S/c1-4-22-24(28(34)36-5-2)23(17-29-19-11-13-20(35-3)14-12-19)32-25(22)26(33)30-15-21-16-31-27(37-21)18-9-7-6-8-10-18/h6-14,16,29,32H,4-5,15,17H2,1-3H3,(H,30,33). The minimum absolute atomic E-state index is 0.245. The second kappa shape index (κ2) is 12.2. The number of carbonyl (C=O) groups excluding carboxylic acids is 2. The van der Waals surface area contributed by atoms with E-state index in [4.69, 9.17) is 9.47 Å². The van der Waals surface area contributed by atoms with Crippen LogP contribution in [0.25, 0.3) is 10.6 Å². The van der Waals surface area contributed by atoms with Crippen molar-refractivity contribution in [3.63, 3.8) is 0 Å². The summed E-state index contributed by atoms with van der Waals surface area (Å²) in [6.45, 7) is 4.57. The Bertz CT molecular complexity index is 1350. The maximum absolute atomic E-state index is 13.2. The van der Waals surface area contributed by atoms with Crippen LogP contribution in [0.1, 0.15) is 50.8 Å². The predicted octanol–water partition coefficient (Wildman–Crippen LogP) is 5.43. The van der Waals surface area contributed by atoms with Gasteiger partial charge in [-0.3, -0.25) is 4.79 Å². The smallest absolute Gasteiger partial charge is 0.340 e. The lowest BCUT2D eigenvalue weighted by Crippen LogP contribution is -2.24. The number of benzene rings is 2. The number of hydrogen-bond acceptors (Lipinski definition) is 7. The van der Waals surface area contributed by atoms with E-state index in [1.165, 1.54) is 11.3 Å². The quantitative estimate of drug-likeness (QED) is 0.229. The summed E-state index contributed by atoms with van der Waals surface area (Å²) in [7, 11) is 1.61. The van der Waals surface area contributed by atoms with Gasteiger partial charge in [-0.1, -0.05) is 37.3 Å². The van der Waals surface area contributed by atoms with Gasteiger partial charge in [0.15, 0.2) is 0 Å². The first-order valence-corrected chi connectivity index (χ1v) is 12.9. The van der Waals surface area contributed by atoms with E-state index in [0.29, 0.717) is 42.0 Å². The van der Waals surface area contributed by atoms with E-state index in [9.17, 15) is 9.59 Å². The molecule has 0 spiro atoms. The Morgan fingerprint density at radius 1 is 1.03 bits per heavy atom. The number of carbonyl (C=O) groups is 2. The van der Waals surface area contributed by atoms with Crippen LogP contribution >= 0.6 is 11.3 Å². The third-order valence-corrected chi connectivity index (χ3v) is 6.84. The zero-order chi connectivity index (χ0) is 26.2. The van der Waals surface area contributed by atoms with Crippen molar-refractivity contribution in [1.29, 1.82) is 0 Å². The van der Waals surface area contributed by atoms with Crippen LogP contribution in [0.2, 0.25) is 0 Å². The number of rotatable bonds is 11. The second-order valence-electron chi connectivity index (χ2n) is 8.17. The average molecular weight is 519 g/mol. The summed E-state index contributed by atoms with van der Waals surface area (Å²) in [6.07, 6.45) is 2.27. The van der Waals surface area contributed by atoms with Gasteiger partial charge in [0, 0.05) is 28.0 Å². The van der Waals surface area contributed by atoms with Gasteiger partial charge in [0.1, 0.15) is 16.5 Å². The minimum atomic E-state index is -0.448. The highest BCUT2D eigenvalue weighted by atomic mass is 32.1. The van der Waals surface area contributed by atoms with E-state index in [0.717, 1.165) is 26.9 Å². The summed E-state index contributed by atoms with van der Waals surface area (Å²) in [6, 6.07) is 17.4. The number of nitrogens with one attached hydrogen (secondary N) is 3. The molecule has 37 heavy (non-hydrogen) atoms. The summed E-state index contributed by atoms with van der Waals surface area (Å²) in [5, 5.41) is 7.16. The Kier molecular flexibility index (Phi) is 8.58. The van der Waals surface area contributed by atoms with Gasteiger partial charge in [-0.05, 0) is 43.2 Å². The zero-order valence-corrected chi connectivity index (χ0v) is 21.9. The predicted molar refractivity (Wildman–Crippen MR) is 145 cm³/mol. The van der Waals surface area contributed by atoms with Crippen LogP contribution in [-0.4, -0.2) is 35.6 Å². The monoisotopic (exact) mass is 518 g/mol. The molecule has 0 bridgehead atoms. The van der Waals surface area contributed by atoms with Crippen molar-refractivity contribution in [2.24, 2.45) is 0 Å². The van der Waals surface area contributed by atoms with Crippen LogP contribution in [0.5, 0.6) is 5.75 Å². The first-order chi connectivity index (χ1) is 18.0. The third kappa shape index (κ3) is 6.18. The molecule has 0 fully saturated rings. The van der Waals surface area contributed by atoms with Crippen LogP contribution in [0.4, 0.5) is 5.69 Å². The summed E-state index contributed by atoms with van der Waals surface area (Å²) in [4.78, 5) is 34.7. The molecule has 0 unspecified atom stereocenters. The molecule has 2 aromatic heterocycles. The third-order valence-electron chi connectivity index (χ3n) is 5.80. The number of anilines is 1. The van der Waals surface area contributed by atoms with Gasteiger partial charge in [0.25, 0.3) is 5.91 Å². The number of aromatic amines is 1. The highest BCUT2D eigenvalue weighted by molar-refractivity contribution is 7.15. The molecule has 0 aliphatic heterocycles. The van der Waals surface area contributed by atoms with Crippen molar-refractivity contribution in [2.75, 3.05) is 19.0 Å². The SMILES string of the molecule is CCOC(=O)c1c(CNc2ccc(OC)cc2)[nH]c(C(=O)NCc2cnc(-c3ccccc3)s2)c1CC. The molecule has 0 aliphatic rings. The number of ether oxygens (including phenoxy) is 2. The number of esters is 1. The van der Waals surface area contributed by atoms with Crippen LogP contribution < -0.4 is 15.4 Å². The number of nitrogens with zero attached hydrogens (tertiary/aromatic N) is 1. The molecule has 0 atom stereocenters. The largest absolute Gasteiger partial charge is 0.497 e. The average Bonchev–Trinajstić information content (AvgIpc) is 3.56. The van der Waals surface area contributed by atoms with Crippen LogP contribution in [0.3, 0.4) is 0 Å². The Labute approximate surface area is 220 Å². The molecule has 192 valence electrons. The van der Waals surface area contributed by atoms with Crippen molar-refractivity contribution in [3.8, 4) is 16.3 Å². The number of aromatic nitrogens is 2. The first-order valence-electron chi connectivity index (χ1n) is 12.1. The van der Waals surface area contributed by atoms with Crippen molar-refractivity contribution in [3.05, 3.63) is 88.2 Å². The number of thiazole rings is 1. The minimum Gasteiger partial charge on any atom is -0.497 e. The molecule has 8 nitrogen and oxygen atoms in total. The van der Waals surface area contributed by atoms with Gasteiger partial charge in [-0.15, -0.1) is 11.3 Å². The van der Waals surface area contributed by atoms with Crippen molar-refractivity contribution in [2.45, 2.75) is 33.4 Å². The van der Waals surface area contributed by atoms with Gasteiger partial charge >= 0.3 is 5.97 Å². The lowest BCUT2D eigenvalue weighted by Gasteiger charge is -2.09. The normalized spacial score (nSPS) is 10.7. The van der Waals surface area contributed by atoms with Crippen molar-refractivity contribution < 1.29 is 19.1 Å². The van der Waals surface area contributed by atoms with Crippen molar-refractivity contribution >= 4 is 28.9 Å². The van der Waals surface area contributed by atoms with E-state index in [-0.39, 0.29) is 12.5 Å². The second-order valence-corrected chi connectivity index (χ2v) is 9.28. The molecule has 0 saturated carbocycles. The molecule has 9 heteroatoms. The van der Waals surface area contributed by atoms with Gasteiger partial charge in [0.2, 0.25) is 0 Å². The highest BCUT2D eigenvalue weighted by Gasteiger charge is 2.26. The summed E-state index contributed by atoms with van der Waals surface area (Å²) in [5.41, 5.74) is 3.89. The topological polar surface area (TPSA) is 105 Å². The molecule has 0 radical (unpaired) electrons. The van der Waals surface area contributed by atoms with Crippen LogP contribution in [0.15, 0.2) is 60.8 Å². The molecule has 2 heterocycles. The lowest BCUT2D eigenvalue weighted by molar-refractivity contribution is 0.0524. The van der Waals surface area contributed by atoms with Crippen LogP contribution in [0, 0.1) is 0 Å². The van der Waals surface area contributed by atoms with Gasteiger partial charge in [0.05, 0.1) is 32.4 Å². The molecule has 4 aromatic rings. The maximum Gasteiger partial charge on any atom is 0.340 e. The number of H-pyrrole nitrogens is 1. The Balaban J connectivity index is 1.52.